The van der Waals surface area contributed by atoms with Gasteiger partial charge in [-0.15, -0.1) is 0 Å². The highest BCUT2D eigenvalue weighted by molar-refractivity contribution is 6.15. The number of H-pyrrole nitrogens is 1. The van der Waals surface area contributed by atoms with Crippen LogP contribution >= 0.6 is 0 Å². The highest BCUT2D eigenvalue weighted by Gasteiger charge is 2.58. The summed E-state index contributed by atoms with van der Waals surface area (Å²) in [6, 6.07) is 11.4. The van der Waals surface area contributed by atoms with E-state index in [1.54, 1.807) is 35.2 Å². The second-order valence-electron chi connectivity index (χ2n) is 10.4. The van der Waals surface area contributed by atoms with Gasteiger partial charge >= 0.3 is 11.9 Å². The number of fused-ring (bicyclic) bond motifs is 5. The van der Waals surface area contributed by atoms with Crippen LogP contribution in [0.5, 0.6) is 11.5 Å². The maximum atomic E-state index is 13.9. The van der Waals surface area contributed by atoms with Crippen molar-refractivity contribution in [2.75, 3.05) is 40.5 Å². The van der Waals surface area contributed by atoms with Crippen LogP contribution < -0.4 is 15.8 Å². The molecule has 0 bridgehead atoms. The van der Waals surface area contributed by atoms with E-state index in [0.717, 1.165) is 12.8 Å². The summed E-state index contributed by atoms with van der Waals surface area (Å²) in [7, 11) is 2.40. The molecule has 12 heteroatoms. The van der Waals surface area contributed by atoms with Crippen molar-refractivity contribution in [1.29, 1.82) is 0 Å². The Morgan fingerprint density at radius 2 is 1.86 bits per heavy atom. The standard InChI is InChI=1S/C32H34N4O8/c1-42-30(40)22-16-19(28(39)20-8-3-4-10-24(20)37)17-36-15-12-21-27-23(35-29(21)32(22,36)31(41)43-2)9-7-11-25(27)44-18-26(38)34-14-6-5-13-33/h3-4,7-11,16-17,35,37H,5-6,12-15,18,33H2,1-2H3,(H,34,38)/t32-/m1/s1. The number of carbonyl (C=O) groups excluding carboxylic acids is 4. The Bertz CT molecular complexity index is 1690. The maximum absolute atomic E-state index is 13.9. The highest BCUT2D eigenvalue weighted by Crippen LogP contribution is 2.49. The molecule has 5 rings (SSSR count). The van der Waals surface area contributed by atoms with Gasteiger partial charge in [-0.3, -0.25) is 9.59 Å². The van der Waals surface area contributed by atoms with Crippen LogP contribution in [0.25, 0.3) is 10.9 Å². The van der Waals surface area contributed by atoms with Gasteiger partial charge < -0.3 is 40.3 Å². The van der Waals surface area contributed by atoms with E-state index in [9.17, 15) is 24.3 Å². The summed E-state index contributed by atoms with van der Waals surface area (Å²) in [6.45, 7) is 1.03. The molecule has 0 saturated carbocycles. The molecule has 230 valence electrons. The van der Waals surface area contributed by atoms with Crippen molar-refractivity contribution in [1.82, 2.24) is 15.2 Å². The maximum Gasteiger partial charge on any atom is 0.343 e. The molecule has 0 fully saturated rings. The highest BCUT2D eigenvalue weighted by atomic mass is 16.5. The molecule has 0 radical (unpaired) electrons. The number of hydrogen-bond acceptors (Lipinski definition) is 10. The number of phenols is 1. The molecular weight excluding hydrogens is 568 g/mol. The number of ether oxygens (including phenoxy) is 3. The van der Waals surface area contributed by atoms with E-state index >= 15 is 0 Å². The van der Waals surface area contributed by atoms with Crippen molar-refractivity contribution in [2.24, 2.45) is 5.73 Å². The predicted molar refractivity (Wildman–Crippen MR) is 160 cm³/mol. The molecule has 2 aliphatic rings. The number of unbranched alkanes of at least 4 members (excludes halogenated alkanes) is 1. The summed E-state index contributed by atoms with van der Waals surface area (Å²) in [5.41, 5.74) is 5.33. The Morgan fingerprint density at radius 1 is 1.07 bits per heavy atom. The molecule has 2 aromatic carbocycles. The van der Waals surface area contributed by atoms with E-state index in [1.165, 1.54) is 38.6 Å². The Hall–Kier alpha value is -5.10. The molecule has 44 heavy (non-hydrogen) atoms. The van der Waals surface area contributed by atoms with E-state index in [2.05, 4.69) is 10.3 Å². The van der Waals surface area contributed by atoms with Gasteiger partial charge in [-0.05, 0) is 61.7 Å². The van der Waals surface area contributed by atoms with Crippen LogP contribution in [-0.4, -0.2) is 79.1 Å². The summed E-state index contributed by atoms with van der Waals surface area (Å²) in [5.74, 6) is -2.23. The Morgan fingerprint density at radius 3 is 2.59 bits per heavy atom. The average Bonchev–Trinajstić information content (AvgIpc) is 3.44. The first-order valence-electron chi connectivity index (χ1n) is 14.2. The van der Waals surface area contributed by atoms with Gasteiger partial charge in [0.2, 0.25) is 5.54 Å². The van der Waals surface area contributed by atoms with Gasteiger partial charge in [-0.25, -0.2) is 9.59 Å². The van der Waals surface area contributed by atoms with Gasteiger partial charge in [0, 0.05) is 35.8 Å². The monoisotopic (exact) mass is 602 g/mol. The Labute approximate surface area is 253 Å². The number of benzene rings is 2. The second-order valence-corrected chi connectivity index (χ2v) is 10.4. The molecule has 3 heterocycles. The van der Waals surface area contributed by atoms with Gasteiger partial charge in [0.05, 0.1) is 31.1 Å². The molecular formula is C32H34N4O8. The third-order valence-corrected chi connectivity index (χ3v) is 7.88. The van der Waals surface area contributed by atoms with Crippen LogP contribution in [0.4, 0.5) is 0 Å². The topological polar surface area (TPSA) is 173 Å². The van der Waals surface area contributed by atoms with E-state index < -0.39 is 23.3 Å². The zero-order chi connectivity index (χ0) is 31.4. The number of carbonyl (C=O) groups is 4. The number of hydrogen-bond donors (Lipinski definition) is 4. The number of Topliss-reactive ketones (excluding diaryl/α,β-unsaturated/α-hetero) is 1. The molecule has 5 N–H and O–H groups in total. The minimum Gasteiger partial charge on any atom is -0.507 e. The number of rotatable bonds is 11. The largest absolute Gasteiger partial charge is 0.507 e. The second kappa shape index (κ2) is 12.6. The number of nitrogens with one attached hydrogen (secondary N) is 2. The van der Waals surface area contributed by atoms with Crippen LogP contribution in [0, 0.1) is 0 Å². The zero-order valence-electron chi connectivity index (χ0n) is 24.5. The molecule has 0 unspecified atom stereocenters. The lowest BCUT2D eigenvalue weighted by Gasteiger charge is -2.46. The van der Waals surface area contributed by atoms with E-state index in [-0.39, 0.29) is 41.5 Å². The van der Waals surface area contributed by atoms with E-state index in [1.807, 2.05) is 0 Å². The molecule has 0 aliphatic carbocycles. The number of nitrogens with zero attached hydrogens (tertiary/aromatic N) is 1. The fourth-order valence-corrected chi connectivity index (χ4v) is 5.85. The number of allylic oxidation sites excluding steroid dienone is 2. The SMILES string of the molecule is COC(=O)C1=CC(C(=O)c2ccccc2O)=CN2CCc3c([nH]c4cccc(OCC(=O)NCCCCN)c34)[C@@]12C(=O)OC. The third kappa shape index (κ3) is 5.17. The van der Waals surface area contributed by atoms with Crippen molar-refractivity contribution in [2.45, 2.75) is 24.8 Å². The third-order valence-electron chi connectivity index (χ3n) is 7.88. The summed E-state index contributed by atoms with van der Waals surface area (Å²) in [5, 5.41) is 13.8. The number of nitrogens with two attached hydrogens (primary N) is 1. The number of phenolic OH excluding ortho intramolecular Hbond substituents is 1. The molecule has 0 saturated heterocycles. The zero-order valence-corrected chi connectivity index (χ0v) is 24.5. The molecule has 1 atom stereocenters. The van der Waals surface area contributed by atoms with Gasteiger partial charge in [0.25, 0.3) is 5.91 Å². The van der Waals surface area contributed by atoms with Crippen LogP contribution in [0.3, 0.4) is 0 Å². The molecule has 1 aromatic heterocycles. The van der Waals surface area contributed by atoms with Gasteiger partial charge in [0.15, 0.2) is 12.4 Å². The van der Waals surface area contributed by atoms with Crippen molar-refractivity contribution >= 4 is 34.5 Å². The first kappa shape index (κ1) is 30.4. The lowest BCUT2D eigenvalue weighted by Crippen LogP contribution is -2.58. The predicted octanol–water partition coefficient (Wildman–Crippen LogP) is 2.21. The van der Waals surface area contributed by atoms with Crippen molar-refractivity contribution in [3.8, 4) is 11.5 Å². The quantitative estimate of drug-likeness (QED) is 0.145. The Kier molecular flexibility index (Phi) is 8.72. The minimum atomic E-state index is -1.82. The molecule has 0 spiro atoms. The number of methoxy groups -OCH3 is 2. The number of para-hydroxylation sites is 1. The van der Waals surface area contributed by atoms with Crippen LogP contribution in [0.15, 0.2) is 65.9 Å². The van der Waals surface area contributed by atoms with Crippen molar-refractivity contribution in [3.63, 3.8) is 0 Å². The van der Waals surface area contributed by atoms with Crippen LogP contribution in [0.2, 0.25) is 0 Å². The first-order valence-corrected chi connectivity index (χ1v) is 14.2. The average molecular weight is 603 g/mol. The van der Waals surface area contributed by atoms with Gasteiger partial charge in [-0.1, -0.05) is 18.2 Å². The number of amides is 1. The van der Waals surface area contributed by atoms with E-state index in [4.69, 9.17) is 19.9 Å². The summed E-state index contributed by atoms with van der Waals surface area (Å²) in [6.07, 6.45) is 4.76. The molecule has 2 aliphatic heterocycles. The normalized spacial score (nSPS) is 17.1. The number of aromatic amines is 1. The van der Waals surface area contributed by atoms with E-state index in [0.29, 0.717) is 47.4 Å². The minimum absolute atomic E-state index is 0.0401. The molecule has 3 aromatic rings. The van der Waals surface area contributed by atoms with Crippen molar-refractivity contribution in [3.05, 3.63) is 82.7 Å². The number of aromatic hydroxyl groups is 1. The smallest absolute Gasteiger partial charge is 0.343 e. The summed E-state index contributed by atoms with van der Waals surface area (Å²) >= 11 is 0. The van der Waals surface area contributed by atoms with Crippen LogP contribution in [0.1, 0.15) is 34.5 Å². The number of ketones is 1. The molecule has 1 amide bonds. The fraction of sp³-hybridized carbons (Fsp3) is 0.312. The summed E-state index contributed by atoms with van der Waals surface area (Å²) < 4.78 is 16.4. The lowest BCUT2D eigenvalue weighted by atomic mass is 9.75. The van der Waals surface area contributed by atoms with Crippen LogP contribution in [-0.2, 0) is 35.8 Å². The van der Waals surface area contributed by atoms with Crippen molar-refractivity contribution < 1.29 is 38.5 Å². The Balaban J connectivity index is 1.59. The van der Waals surface area contributed by atoms with Gasteiger partial charge in [0.1, 0.15) is 11.5 Å². The molecule has 12 nitrogen and oxygen atoms in total. The lowest BCUT2D eigenvalue weighted by molar-refractivity contribution is -0.156. The summed E-state index contributed by atoms with van der Waals surface area (Å²) in [4.78, 5) is 58.1. The number of aromatic nitrogens is 1. The number of esters is 2. The van der Waals surface area contributed by atoms with Gasteiger partial charge in [-0.2, -0.15) is 0 Å². The first-order chi connectivity index (χ1) is 21.3. The fourth-order valence-electron chi connectivity index (χ4n) is 5.85.